The van der Waals surface area contributed by atoms with Crippen molar-refractivity contribution >= 4 is 23.1 Å². The van der Waals surface area contributed by atoms with Crippen molar-refractivity contribution in [1.29, 1.82) is 0 Å². The second-order valence-corrected chi connectivity index (χ2v) is 6.08. The average molecular weight is 270 g/mol. The Balaban J connectivity index is 2.98. The molecule has 0 aromatic rings. The quantitative estimate of drug-likeness (QED) is 0.799. The monoisotopic (exact) mass is 270 g/mol. The van der Waals surface area contributed by atoms with E-state index in [2.05, 4.69) is 13.8 Å². The highest BCUT2D eigenvalue weighted by Gasteiger charge is 2.43. The van der Waals surface area contributed by atoms with Crippen molar-refractivity contribution in [3.63, 3.8) is 0 Å². The summed E-state index contributed by atoms with van der Waals surface area (Å²) < 4.78 is 0. The van der Waals surface area contributed by atoms with Crippen LogP contribution in [0.4, 0.5) is 0 Å². The van der Waals surface area contributed by atoms with E-state index in [1.54, 1.807) is 0 Å². The molecule has 2 N–H and O–H groups in total. The molecule has 1 aliphatic rings. The molecule has 1 saturated heterocycles. The van der Waals surface area contributed by atoms with Gasteiger partial charge in [0, 0.05) is 12.6 Å². The molecule has 0 aliphatic carbocycles. The predicted octanol–water partition coefficient (Wildman–Crippen LogP) is 2.73. The van der Waals surface area contributed by atoms with Crippen molar-refractivity contribution in [1.82, 2.24) is 4.90 Å². The molecule has 2 atom stereocenters. The van der Waals surface area contributed by atoms with E-state index < -0.39 is 5.41 Å². The number of nitrogens with two attached hydrogens (primary N) is 1. The molecule has 18 heavy (non-hydrogen) atoms. The summed E-state index contributed by atoms with van der Waals surface area (Å²) in [5.74, 6) is 0.710. The zero-order valence-corrected chi connectivity index (χ0v) is 12.8. The molecule has 0 bridgehead atoms. The lowest BCUT2D eigenvalue weighted by molar-refractivity contribution is -0.143. The fourth-order valence-corrected chi connectivity index (χ4v) is 3.23. The molecular weight excluding hydrogens is 244 g/mol. The van der Waals surface area contributed by atoms with E-state index in [1.165, 1.54) is 6.42 Å². The van der Waals surface area contributed by atoms with Crippen molar-refractivity contribution in [2.75, 3.05) is 6.54 Å². The largest absolute Gasteiger partial charge is 0.392 e. The van der Waals surface area contributed by atoms with Crippen LogP contribution in [-0.2, 0) is 4.79 Å². The van der Waals surface area contributed by atoms with E-state index in [-0.39, 0.29) is 5.91 Å². The van der Waals surface area contributed by atoms with Crippen LogP contribution in [0.15, 0.2) is 0 Å². The number of nitrogens with zero attached hydrogens (tertiary/aromatic N) is 1. The van der Waals surface area contributed by atoms with Crippen LogP contribution in [0.2, 0.25) is 0 Å². The number of carbonyl (C=O) groups is 1. The molecule has 2 unspecified atom stereocenters. The first-order valence-electron chi connectivity index (χ1n) is 7.00. The highest BCUT2D eigenvalue weighted by atomic mass is 32.1. The average Bonchev–Trinajstić information content (AvgIpc) is 2.34. The van der Waals surface area contributed by atoms with E-state index in [1.807, 2.05) is 18.7 Å². The van der Waals surface area contributed by atoms with Crippen LogP contribution in [-0.4, -0.2) is 28.4 Å². The zero-order chi connectivity index (χ0) is 13.9. The third-order valence-electron chi connectivity index (χ3n) is 4.47. The maximum absolute atomic E-state index is 12.8. The van der Waals surface area contributed by atoms with Crippen LogP contribution in [0.3, 0.4) is 0 Å². The minimum absolute atomic E-state index is 0.138. The number of rotatable bonds is 4. The summed E-state index contributed by atoms with van der Waals surface area (Å²) in [7, 11) is 0. The minimum Gasteiger partial charge on any atom is -0.392 e. The van der Waals surface area contributed by atoms with Gasteiger partial charge in [-0.2, -0.15) is 0 Å². The lowest BCUT2D eigenvalue weighted by atomic mass is 9.79. The van der Waals surface area contributed by atoms with Crippen molar-refractivity contribution in [3.8, 4) is 0 Å². The summed E-state index contributed by atoms with van der Waals surface area (Å²) in [5, 5.41) is 0. The van der Waals surface area contributed by atoms with Crippen LogP contribution in [0.1, 0.15) is 53.4 Å². The van der Waals surface area contributed by atoms with Gasteiger partial charge < -0.3 is 10.6 Å². The highest BCUT2D eigenvalue weighted by molar-refractivity contribution is 7.80. The fraction of sp³-hybridized carbons (Fsp3) is 0.857. The first-order valence-corrected chi connectivity index (χ1v) is 7.40. The Morgan fingerprint density at radius 1 is 1.33 bits per heavy atom. The van der Waals surface area contributed by atoms with Gasteiger partial charge in [0.25, 0.3) is 0 Å². The fourth-order valence-electron chi connectivity index (χ4n) is 2.85. The van der Waals surface area contributed by atoms with Crippen molar-refractivity contribution in [2.24, 2.45) is 17.1 Å². The van der Waals surface area contributed by atoms with E-state index in [9.17, 15) is 4.79 Å². The van der Waals surface area contributed by atoms with Crippen LogP contribution in [0.5, 0.6) is 0 Å². The maximum atomic E-state index is 12.8. The zero-order valence-electron chi connectivity index (χ0n) is 12.0. The van der Waals surface area contributed by atoms with Gasteiger partial charge in [0.15, 0.2) is 0 Å². The Morgan fingerprint density at radius 2 is 1.89 bits per heavy atom. The number of amides is 1. The van der Waals surface area contributed by atoms with Gasteiger partial charge >= 0.3 is 0 Å². The molecule has 104 valence electrons. The highest BCUT2D eigenvalue weighted by Crippen LogP contribution is 2.33. The standard InChI is InChI=1S/C14H26N2OS/c1-5-14(6-2,12(15)18)13(17)16-9-10(3)7-8-11(16)4/h10-11H,5-9H2,1-4H3,(H2,15,18). The Morgan fingerprint density at radius 3 is 2.33 bits per heavy atom. The normalized spacial score (nSPS) is 25.0. The second-order valence-electron chi connectivity index (χ2n) is 5.64. The Labute approximate surface area is 116 Å². The van der Waals surface area contributed by atoms with Crippen molar-refractivity contribution in [3.05, 3.63) is 0 Å². The van der Waals surface area contributed by atoms with Gasteiger partial charge in [0.2, 0.25) is 5.91 Å². The van der Waals surface area contributed by atoms with Crippen LogP contribution in [0, 0.1) is 11.3 Å². The van der Waals surface area contributed by atoms with E-state index >= 15 is 0 Å². The summed E-state index contributed by atoms with van der Waals surface area (Å²) in [5.41, 5.74) is 5.23. The minimum atomic E-state index is -0.638. The molecule has 0 aromatic heterocycles. The van der Waals surface area contributed by atoms with Gasteiger partial charge in [-0.05, 0) is 38.5 Å². The topological polar surface area (TPSA) is 46.3 Å². The molecule has 1 aliphatic heterocycles. The van der Waals surface area contributed by atoms with Gasteiger partial charge in [-0.25, -0.2) is 0 Å². The number of piperidine rings is 1. The predicted molar refractivity (Wildman–Crippen MR) is 79.4 cm³/mol. The number of carbonyl (C=O) groups excluding carboxylic acids is 1. The summed E-state index contributed by atoms with van der Waals surface area (Å²) in [6.45, 7) is 9.16. The van der Waals surface area contributed by atoms with Gasteiger partial charge in [0.1, 0.15) is 0 Å². The number of hydrogen-bond acceptors (Lipinski definition) is 2. The number of thiocarbonyl (C=S) groups is 1. The Kier molecular flexibility index (Phi) is 5.14. The van der Waals surface area contributed by atoms with Crippen LogP contribution >= 0.6 is 12.2 Å². The molecule has 0 aromatic carbocycles. The number of hydrogen-bond donors (Lipinski definition) is 1. The molecule has 0 spiro atoms. The molecule has 1 rings (SSSR count). The SMILES string of the molecule is CCC(CC)(C(=O)N1CC(C)CCC1C)C(N)=S. The first kappa shape index (κ1) is 15.4. The van der Waals surface area contributed by atoms with Gasteiger partial charge in [-0.1, -0.05) is 33.0 Å². The maximum Gasteiger partial charge on any atom is 0.235 e. The molecule has 0 radical (unpaired) electrons. The molecule has 1 amide bonds. The molecule has 4 heteroatoms. The third-order valence-corrected chi connectivity index (χ3v) is 4.86. The smallest absolute Gasteiger partial charge is 0.235 e. The van der Waals surface area contributed by atoms with Gasteiger partial charge in [0.05, 0.1) is 10.4 Å². The van der Waals surface area contributed by atoms with E-state index in [4.69, 9.17) is 18.0 Å². The van der Waals surface area contributed by atoms with Crippen molar-refractivity contribution in [2.45, 2.75) is 59.4 Å². The van der Waals surface area contributed by atoms with E-state index in [0.717, 1.165) is 13.0 Å². The van der Waals surface area contributed by atoms with Crippen LogP contribution in [0.25, 0.3) is 0 Å². The molecule has 0 saturated carbocycles. The summed E-state index contributed by atoms with van der Waals surface area (Å²) in [6, 6.07) is 0.306. The van der Waals surface area contributed by atoms with Gasteiger partial charge in [-0.3, -0.25) is 4.79 Å². The summed E-state index contributed by atoms with van der Waals surface area (Å²) in [4.78, 5) is 15.2. The molecular formula is C14H26N2OS. The number of likely N-dealkylation sites (tertiary alicyclic amines) is 1. The molecule has 1 heterocycles. The summed E-state index contributed by atoms with van der Waals surface area (Å²) >= 11 is 5.17. The van der Waals surface area contributed by atoms with Gasteiger partial charge in [-0.15, -0.1) is 0 Å². The molecule has 1 fully saturated rings. The lowest BCUT2D eigenvalue weighted by Crippen LogP contribution is -2.55. The first-order chi connectivity index (χ1) is 8.39. The summed E-state index contributed by atoms with van der Waals surface area (Å²) in [6.07, 6.45) is 3.65. The second kappa shape index (κ2) is 6.00. The Bertz CT molecular complexity index is 326. The van der Waals surface area contributed by atoms with Crippen molar-refractivity contribution < 1.29 is 4.79 Å². The Hall–Kier alpha value is -0.640. The van der Waals surface area contributed by atoms with E-state index in [0.29, 0.717) is 29.8 Å². The van der Waals surface area contributed by atoms with Crippen LogP contribution < -0.4 is 5.73 Å². The lowest BCUT2D eigenvalue weighted by Gasteiger charge is -2.42. The third kappa shape index (κ3) is 2.68. The molecule has 3 nitrogen and oxygen atoms in total.